The summed E-state index contributed by atoms with van der Waals surface area (Å²) in [7, 11) is 0. The van der Waals surface area contributed by atoms with Crippen molar-refractivity contribution < 1.29 is 22.7 Å². The summed E-state index contributed by atoms with van der Waals surface area (Å²) in [5.74, 6) is -1.23. The molecule has 0 amide bonds. The maximum atomic E-state index is 13.0. The van der Waals surface area contributed by atoms with Gasteiger partial charge in [0.1, 0.15) is 17.0 Å². The van der Waals surface area contributed by atoms with E-state index >= 15 is 0 Å². The van der Waals surface area contributed by atoms with Crippen molar-refractivity contribution in [3.8, 4) is 0 Å². The van der Waals surface area contributed by atoms with Gasteiger partial charge < -0.3 is 15.0 Å². The van der Waals surface area contributed by atoms with Gasteiger partial charge in [0.05, 0.1) is 6.33 Å². The Balaban J connectivity index is 3.17. The van der Waals surface area contributed by atoms with Crippen LogP contribution < -0.4 is 5.73 Å². The lowest BCUT2D eigenvalue weighted by molar-refractivity contribution is -0.202. The van der Waals surface area contributed by atoms with Gasteiger partial charge in [-0.2, -0.15) is 13.2 Å². The number of esters is 1. The average molecular weight is 293 g/mol. The molecule has 0 fully saturated rings. The van der Waals surface area contributed by atoms with Crippen LogP contribution >= 0.6 is 0 Å². The van der Waals surface area contributed by atoms with Crippen molar-refractivity contribution in [2.75, 3.05) is 5.73 Å². The zero-order valence-corrected chi connectivity index (χ0v) is 12.0. The molecule has 2 N–H and O–H groups in total. The van der Waals surface area contributed by atoms with E-state index in [1.807, 2.05) is 0 Å². The van der Waals surface area contributed by atoms with E-state index in [4.69, 9.17) is 10.5 Å². The number of imidazole rings is 1. The number of nitrogen functional groups attached to an aromatic ring is 1. The molecule has 0 radical (unpaired) electrons. The molecule has 0 unspecified atom stereocenters. The Labute approximate surface area is 114 Å². The standard InChI is InChI=1S/C12H18F3N3O2/c1-10(2,3)20-9(19)7-8(16)18(6-17-7)11(4,5)12(13,14)15/h6H,16H2,1-5H3. The van der Waals surface area contributed by atoms with Crippen molar-refractivity contribution in [2.45, 2.75) is 51.9 Å². The second kappa shape index (κ2) is 4.68. The van der Waals surface area contributed by atoms with Crippen LogP contribution in [0.5, 0.6) is 0 Å². The third-order valence-electron chi connectivity index (χ3n) is 2.69. The Hall–Kier alpha value is -1.73. The number of carbonyl (C=O) groups is 1. The van der Waals surface area contributed by atoms with Crippen LogP contribution in [0.3, 0.4) is 0 Å². The molecule has 0 aliphatic rings. The summed E-state index contributed by atoms with van der Waals surface area (Å²) in [6, 6.07) is 0. The Morgan fingerprint density at radius 3 is 2.15 bits per heavy atom. The molecule has 1 aromatic heterocycles. The first kappa shape index (κ1) is 16.3. The molecule has 0 aliphatic heterocycles. The maximum Gasteiger partial charge on any atom is 0.411 e. The third kappa shape index (κ3) is 3.05. The first-order valence-electron chi connectivity index (χ1n) is 5.91. The van der Waals surface area contributed by atoms with Crippen molar-refractivity contribution in [3.05, 3.63) is 12.0 Å². The molecular formula is C12H18F3N3O2. The minimum atomic E-state index is -4.53. The largest absolute Gasteiger partial charge is 0.455 e. The van der Waals surface area contributed by atoms with E-state index < -0.39 is 23.3 Å². The zero-order valence-electron chi connectivity index (χ0n) is 12.0. The number of rotatable bonds is 2. The monoisotopic (exact) mass is 293 g/mol. The minimum absolute atomic E-state index is 0.322. The molecule has 0 aliphatic carbocycles. The number of nitrogens with two attached hydrogens (primary N) is 1. The summed E-state index contributed by atoms with van der Waals surface area (Å²) >= 11 is 0. The molecule has 0 bridgehead atoms. The lowest BCUT2D eigenvalue weighted by Crippen LogP contribution is -2.42. The second-order valence-electron chi connectivity index (χ2n) is 5.91. The molecule has 0 aromatic carbocycles. The van der Waals surface area contributed by atoms with Crippen LogP contribution in [0.25, 0.3) is 0 Å². The highest BCUT2D eigenvalue weighted by molar-refractivity contribution is 5.92. The molecule has 1 aromatic rings. The number of hydrogen-bond acceptors (Lipinski definition) is 4. The maximum absolute atomic E-state index is 13.0. The summed E-state index contributed by atoms with van der Waals surface area (Å²) in [5.41, 5.74) is 2.23. The fraction of sp³-hybridized carbons (Fsp3) is 0.667. The van der Waals surface area contributed by atoms with E-state index in [9.17, 15) is 18.0 Å². The lowest BCUT2D eigenvalue weighted by Gasteiger charge is -2.30. The predicted octanol–water partition coefficient (Wildman–Crippen LogP) is 2.72. The van der Waals surface area contributed by atoms with E-state index in [2.05, 4.69) is 4.98 Å². The Bertz CT molecular complexity index is 513. The van der Waals surface area contributed by atoms with Gasteiger partial charge in [0.25, 0.3) is 0 Å². The van der Waals surface area contributed by atoms with E-state index in [1.165, 1.54) is 0 Å². The molecule has 5 nitrogen and oxygen atoms in total. The molecule has 0 saturated carbocycles. The summed E-state index contributed by atoms with van der Waals surface area (Å²) < 4.78 is 44.6. The first-order valence-corrected chi connectivity index (χ1v) is 5.91. The second-order valence-corrected chi connectivity index (χ2v) is 5.91. The molecule has 0 saturated heterocycles. The third-order valence-corrected chi connectivity index (χ3v) is 2.69. The van der Waals surface area contributed by atoms with E-state index in [0.717, 1.165) is 20.2 Å². The van der Waals surface area contributed by atoms with Crippen molar-refractivity contribution in [1.82, 2.24) is 9.55 Å². The highest BCUT2D eigenvalue weighted by Gasteiger charge is 2.50. The number of aromatic nitrogens is 2. The summed E-state index contributed by atoms with van der Waals surface area (Å²) in [6.07, 6.45) is -3.64. The number of anilines is 1. The Morgan fingerprint density at radius 2 is 1.75 bits per heavy atom. The molecule has 8 heteroatoms. The van der Waals surface area contributed by atoms with E-state index in [-0.39, 0.29) is 11.5 Å². The summed E-state index contributed by atoms with van der Waals surface area (Å²) in [6.45, 7) is 6.81. The quantitative estimate of drug-likeness (QED) is 0.851. The lowest BCUT2D eigenvalue weighted by atomic mass is 10.1. The Kier molecular flexibility index (Phi) is 3.82. The van der Waals surface area contributed by atoms with Crippen LogP contribution in [0.1, 0.15) is 45.1 Å². The van der Waals surface area contributed by atoms with Gasteiger partial charge in [0.15, 0.2) is 5.69 Å². The van der Waals surface area contributed by atoms with Crippen LogP contribution in [-0.4, -0.2) is 27.3 Å². The van der Waals surface area contributed by atoms with E-state index in [1.54, 1.807) is 20.8 Å². The van der Waals surface area contributed by atoms with Gasteiger partial charge in [-0.1, -0.05) is 0 Å². The average Bonchev–Trinajstić information content (AvgIpc) is 2.55. The number of ether oxygens (including phenoxy) is 1. The first-order chi connectivity index (χ1) is 8.77. The minimum Gasteiger partial charge on any atom is -0.455 e. The van der Waals surface area contributed by atoms with E-state index in [0.29, 0.717) is 4.57 Å². The summed E-state index contributed by atoms with van der Waals surface area (Å²) in [4.78, 5) is 15.5. The van der Waals surface area contributed by atoms with Crippen molar-refractivity contribution in [2.24, 2.45) is 0 Å². The van der Waals surface area contributed by atoms with Crippen LogP contribution in [0.4, 0.5) is 19.0 Å². The highest BCUT2D eigenvalue weighted by atomic mass is 19.4. The summed E-state index contributed by atoms with van der Waals surface area (Å²) in [5, 5.41) is 0. The van der Waals surface area contributed by atoms with Crippen LogP contribution in [0, 0.1) is 0 Å². The normalized spacial score (nSPS) is 13.4. The van der Waals surface area contributed by atoms with Crippen LogP contribution in [-0.2, 0) is 10.3 Å². The molecule has 0 atom stereocenters. The SMILES string of the molecule is CC(C)(C)OC(=O)c1ncn(C(C)(C)C(F)(F)F)c1N. The van der Waals surface area contributed by atoms with Gasteiger partial charge in [-0.3, -0.25) is 0 Å². The predicted molar refractivity (Wildman–Crippen MR) is 67.2 cm³/mol. The molecule has 20 heavy (non-hydrogen) atoms. The van der Waals surface area contributed by atoms with Gasteiger partial charge in [0.2, 0.25) is 0 Å². The van der Waals surface area contributed by atoms with Crippen LogP contribution in [0.15, 0.2) is 6.33 Å². The Morgan fingerprint density at radius 1 is 1.25 bits per heavy atom. The molecule has 114 valence electrons. The number of hydrogen-bond donors (Lipinski definition) is 1. The molecule has 0 spiro atoms. The fourth-order valence-corrected chi connectivity index (χ4v) is 1.42. The number of alkyl halides is 3. The topological polar surface area (TPSA) is 70.1 Å². The van der Waals surface area contributed by atoms with Gasteiger partial charge in [0, 0.05) is 0 Å². The van der Waals surface area contributed by atoms with Crippen molar-refractivity contribution >= 4 is 11.8 Å². The zero-order chi connectivity index (χ0) is 15.9. The van der Waals surface area contributed by atoms with Gasteiger partial charge in [-0.25, -0.2) is 9.78 Å². The highest BCUT2D eigenvalue weighted by Crippen LogP contribution is 2.38. The van der Waals surface area contributed by atoms with Gasteiger partial charge >= 0.3 is 12.1 Å². The van der Waals surface area contributed by atoms with Crippen molar-refractivity contribution in [3.63, 3.8) is 0 Å². The molecule has 1 rings (SSSR count). The number of nitrogens with zero attached hydrogens (tertiary/aromatic N) is 2. The smallest absolute Gasteiger partial charge is 0.411 e. The fourth-order valence-electron chi connectivity index (χ4n) is 1.42. The number of carbonyl (C=O) groups excluding carboxylic acids is 1. The molecule has 1 heterocycles. The molecular weight excluding hydrogens is 275 g/mol. The van der Waals surface area contributed by atoms with Gasteiger partial charge in [-0.05, 0) is 34.6 Å². The number of halogens is 3. The van der Waals surface area contributed by atoms with Gasteiger partial charge in [-0.15, -0.1) is 0 Å². The van der Waals surface area contributed by atoms with Crippen LogP contribution in [0.2, 0.25) is 0 Å². The van der Waals surface area contributed by atoms with Crippen molar-refractivity contribution in [1.29, 1.82) is 0 Å².